The van der Waals surface area contributed by atoms with Crippen LogP contribution in [-0.2, 0) is 4.74 Å². The average molecular weight is 337 g/mol. The quantitative estimate of drug-likeness (QED) is 0.621. The van der Waals surface area contributed by atoms with Gasteiger partial charge >= 0.3 is 125 Å². The van der Waals surface area contributed by atoms with Crippen molar-refractivity contribution >= 4 is 25.2 Å². The number of carbonyl (C=O) groups is 1. The first-order chi connectivity index (χ1) is 9.71. The van der Waals surface area contributed by atoms with Crippen molar-refractivity contribution in [3.63, 3.8) is 0 Å². The van der Waals surface area contributed by atoms with E-state index in [1.54, 1.807) is 0 Å². The van der Waals surface area contributed by atoms with Gasteiger partial charge in [-0.2, -0.15) is 0 Å². The van der Waals surface area contributed by atoms with E-state index < -0.39 is 0 Å². The Kier molecular flexibility index (Phi) is 4.99. The van der Waals surface area contributed by atoms with Gasteiger partial charge in [0.2, 0.25) is 0 Å². The summed E-state index contributed by atoms with van der Waals surface area (Å²) in [6.07, 6.45) is 0. The summed E-state index contributed by atoms with van der Waals surface area (Å²) in [5, 5.41) is 0. The summed E-state index contributed by atoms with van der Waals surface area (Å²) >= 11 is 0.0386. The topological polar surface area (TPSA) is 42.4 Å². The summed E-state index contributed by atoms with van der Waals surface area (Å²) in [7, 11) is 1.40. The Morgan fingerprint density at radius 3 is 2.45 bits per heavy atom. The molecule has 0 saturated carbocycles. The molecule has 0 atom stereocenters. The second kappa shape index (κ2) is 6.73. The molecular formula is C15H18N2O2Se. The number of carbonyl (C=O) groups excluding carboxylic acids is 1. The molecule has 0 aliphatic carbocycles. The Balaban J connectivity index is 2.51. The number of anilines is 1. The van der Waals surface area contributed by atoms with E-state index in [2.05, 4.69) is 23.7 Å². The predicted octanol–water partition coefficient (Wildman–Crippen LogP) is 2.44. The number of hydrogen-bond donors (Lipinski definition) is 0. The first kappa shape index (κ1) is 14.8. The first-order valence-electron chi connectivity index (χ1n) is 6.60. The van der Waals surface area contributed by atoms with Gasteiger partial charge in [0, 0.05) is 0 Å². The van der Waals surface area contributed by atoms with Gasteiger partial charge < -0.3 is 0 Å². The standard InChI is InChI=1S/C15H18N2O2Se/c1-4-17(5-2)15-16-12(14(18)19-3)13(20-15)11-9-7-6-8-10-11/h6-10H,4-5H2,1-3H3. The van der Waals surface area contributed by atoms with E-state index in [0.717, 1.165) is 27.8 Å². The second-order valence-electron chi connectivity index (χ2n) is 4.20. The zero-order chi connectivity index (χ0) is 14.5. The van der Waals surface area contributed by atoms with Crippen LogP contribution in [-0.4, -0.2) is 45.7 Å². The molecule has 2 aromatic rings. The Labute approximate surface area is 125 Å². The zero-order valence-corrected chi connectivity index (χ0v) is 13.6. The Morgan fingerprint density at radius 1 is 1.25 bits per heavy atom. The molecule has 1 aromatic heterocycles. The fourth-order valence-electron chi connectivity index (χ4n) is 1.96. The van der Waals surface area contributed by atoms with Crippen molar-refractivity contribution in [2.75, 3.05) is 25.1 Å². The van der Waals surface area contributed by atoms with Crippen LogP contribution >= 0.6 is 0 Å². The van der Waals surface area contributed by atoms with Crippen molar-refractivity contribution in [3.05, 3.63) is 36.0 Å². The normalized spacial score (nSPS) is 10.3. The van der Waals surface area contributed by atoms with Crippen LogP contribution < -0.4 is 4.90 Å². The molecule has 0 N–H and O–H groups in total. The molecule has 4 nitrogen and oxygen atoms in total. The van der Waals surface area contributed by atoms with Crippen LogP contribution in [0.4, 0.5) is 4.69 Å². The number of esters is 1. The molecule has 0 spiro atoms. The third-order valence-corrected chi connectivity index (χ3v) is 5.51. The van der Waals surface area contributed by atoms with Crippen LogP contribution in [0.25, 0.3) is 10.0 Å². The van der Waals surface area contributed by atoms with E-state index in [4.69, 9.17) is 4.74 Å². The van der Waals surface area contributed by atoms with Crippen molar-refractivity contribution in [3.8, 4) is 10.0 Å². The van der Waals surface area contributed by atoms with Gasteiger partial charge in [-0.25, -0.2) is 0 Å². The monoisotopic (exact) mass is 338 g/mol. The number of aromatic nitrogens is 1. The van der Waals surface area contributed by atoms with Crippen molar-refractivity contribution in [2.45, 2.75) is 13.8 Å². The molecule has 1 aromatic carbocycles. The van der Waals surface area contributed by atoms with Crippen LogP contribution in [0.2, 0.25) is 0 Å². The number of rotatable bonds is 5. The third-order valence-electron chi connectivity index (χ3n) is 3.06. The van der Waals surface area contributed by atoms with Gasteiger partial charge in [0.05, 0.1) is 0 Å². The molecule has 0 aliphatic rings. The van der Waals surface area contributed by atoms with Crippen LogP contribution in [0.5, 0.6) is 0 Å². The fraction of sp³-hybridized carbons (Fsp3) is 0.333. The Bertz CT molecular complexity index is 577. The molecule has 0 unspecified atom stereocenters. The fourth-order valence-corrected chi connectivity index (χ4v) is 4.45. The van der Waals surface area contributed by atoms with Gasteiger partial charge in [0.25, 0.3) is 0 Å². The molecule has 20 heavy (non-hydrogen) atoms. The van der Waals surface area contributed by atoms with E-state index >= 15 is 0 Å². The van der Waals surface area contributed by atoms with E-state index in [-0.39, 0.29) is 20.5 Å². The predicted molar refractivity (Wildman–Crippen MR) is 81.5 cm³/mol. The summed E-state index contributed by atoms with van der Waals surface area (Å²) < 4.78 is 6.88. The molecule has 5 heteroatoms. The van der Waals surface area contributed by atoms with Crippen LogP contribution in [0, 0.1) is 0 Å². The van der Waals surface area contributed by atoms with Crippen LogP contribution in [0.1, 0.15) is 24.3 Å². The molecule has 0 fully saturated rings. The van der Waals surface area contributed by atoms with Gasteiger partial charge in [-0.15, -0.1) is 0 Å². The van der Waals surface area contributed by atoms with Crippen molar-refractivity contribution in [1.29, 1.82) is 0 Å². The van der Waals surface area contributed by atoms with E-state index in [1.165, 1.54) is 7.11 Å². The second-order valence-corrected chi connectivity index (χ2v) is 6.25. The summed E-state index contributed by atoms with van der Waals surface area (Å²) in [4.78, 5) is 18.7. The Hall–Kier alpha value is -1.58. The first-order valence-corrected chi connectivity index (χ1v) is 8.32. The number of ether oxygens (including phenoxy) is 1. The molecule has 0 amide bonds. The van der Waals surface area contributed by atoms with Gasteiger partial charge in [-0.1, -0.05) is 0 Å². The Morgan fingerprint density at radius 2 is 1.90 bits per heavy atom. The van der Waals surface area contributed by atoms with Crippen molar-refractivity contribution in [1.82, 2.24) is 4.98 Å². The van der Waals surface area contributed by atoms with Crippen molar-refractivity contribution in [2.24, 2.45) is 0 Å². The van der Waals surface area contributed by atoms with E-state index in [9.17, 15) is 4.79 Å². The molecule has 0 saturated heterocycles. The van der Waals surface area contributed by atoms with Gasteiger partial charge in [0.15, 0.2) is 0 Å². The van der Waals surface area contributed by atoms with E-state index in [0.29, 0.717) is 5.69 Å². The summed E-state index contributed by atoms with van der Waals surface area (Å²) in [5.41, 5.74) is 1.51. The minimum atomic E-state index is -0.354. The molecule has 2 rings (SSSR count). The van der Waals surface area contributed by atoms with E-state index in [1.807, 2.05) is 30.3 Å². The molecule has 1 heterocycles. The number of nitrogens with zero attached hydrogens (tertiary/aromatic N) is 2. The maximum atomic E-state index is 11.9. The minimum absolute atomic E-state index is 0.0386. The third kappa shape index (κ3) is 2.94. The molecule has 0 bridgehead atoms. The molecule has 0 radical (unpaired) electrons. The summed E-state index contributed by atoms with van der Waals surface area (Å²) in [6, 6.07) is 9.95. The van der Waals surface area contributed by atoms with Crippen molar-refractivity contribution < 1.29 is 9.53 Å². The van der Waals surface area contributed by atoms with Crippen LogP contribution in [0.3, 0.4) is 0 Å². The number of benzene rings is 1. The zero-order valence-electron chi connectivity index (χ0n) is 11.9. The summed E-state index contributed by atoms with van der Waals surface area (Å²) in [6.45, 7) is 5.99. The summed E-state index contributed by atoms with van der Waals surface area (Å²) in [5.74, 6) is -0.354. The molecule has 0 aliphatic heterocycles. The van der Waals surface area contributed by atoms with Gasteiger partial charge in [-0.3, -0.25) is 0 Å². The molecule has 106 valence electrons. The number of methoxy groups -OCH3 is 1. The SMILES string of the molecule is CCN(CC)c1nc(C(=O)OC)c(-c2ccccc2)[se]1. The molecular weight excluding hydrogens is 319 g/mol. The average Bonchev–Trinajstić information content (AvgIpc) is 2.94. The number of hydrogen-bond acceptors (Lipinski definition) is 4. The van der Waals surface area contributed by atoms with Gasteiger partial charge in [-0.05, 0) is 0 Å². The maximum absolute atomic E-state index is 11.9. The van der Waals surface area contributed by atoms with Crippen LogP contribution in [0.15, 0.2) is 30.3 Å². The van der Waals surface area contributed by atoms with Gasteiger partial charge in [0.1, 0.15) is 0 Å².